The SMILES string of the molecule is CB1OCC(=O)C2(CCC3C4CCC5CC(=O)CCC5(C)C4C(=O)CC32C)O1. The van der Waals surface area contributed by atoms with E-state index in [0.29, 0.717) is 55.0 Å². The van der Waals surface area contributed by atoms with Gasteiger partial charge in [-0.25, -0.2) is 0 Å². The lowest BCUT2D eigenvalue weighted by atomic mass is 9.44. The van der Waals surface area contributed by atoms with Gasteiger partial charge in [0.2, 0.25) is 0 Å². The number of hydrogen-bond donors (Lipinski definition) is 0. The highest BCUT2D eigenvalue weighted by atomic mass is 16.6. The summed E-state index contributed by atoms with van der Waals surface area (Å²) in [4.78, 5) is 38.7. The smallest absolute Gasteiger partial charge is 0.404 e. The average Bonchev–Trinajstić information content (AvgIpc) is 2.91. The lowest BCUT2D eigenvalue weighted by Gasteiger charge is -2.60. The number of fused-ring (bicyclic) bond motifs is 6. The van der Waals surface area contributed by atoms with Gasteiger partial charge in [-0.2, -0.15) is 0 Å². The zero-order valence-electron chi connectivity index (χ0n) is 17.3. The summed E-state index contributed by atoms with van der Waals surface area (Å²) < 4.78 is 11.7. The lowest BCUT2D eigenvalue weighted by Crippen LogP contribution is -2.65. The van der Waals surface area contributed by atoms with Gasteiger partial charge < -0.3 is 9.31 Å². The predicted molar refractivity (Wildman–Crippen MR) is 104 cm³/mol. The van der Waals surface area contributed by atoms with Crippen LogP contribution in [-0.2, 0) is 23.7 Å². The average molecular weight is 386 g/mol. The van der Waals surface area contributed by atoms with Gasteiger partial charge in [0, 0.05) is 30.6 Å². The Kier molecular flexibility index (Phi) is 4.07. The zero-order valence-corrected chi connectivity index (χ0v) is 17.3. The van der Waals surface area contributed by atoms with E-state index in [1.54, 1.807) is 0 Å². The Labute approximate surface area is 167 Å². The van der Waals surface area contributed by atoms with Crippen LogP contribution in [0.5, 0.6) is 0 Å². The fourth-order valence-electron chi connectivity index (χ4n) is 8.19. The van der Waals surface area contributed by atoms with E-state index < -0.39 is 18.1 Å². The molecule has 7 unspecified atom stereocenters. The highest BCUT2D eigenvalue weighted by Crippen LogP contribution is 2.68. The molecule has 0 aromatic rings. The van der Waals surface area contributed by atoms with Crippen molar-refractivity contribution in [2.24, 2.45) is 34.5 Å². The van der Waals surface area contributed by atoms with Crippen LogP contribution in [-0.4, -0.2) is 36.7 Å². The largest absolute Gasteiger partial charge is 0.454 e. The zero-order chi connectivity index (χ0) is 19.9. The molecule has 5 rings (SSSR count). The Bertz CT molecular complexity index is 751. The number of hydrogen-bond acceptors (Lipinski definition) is 5. The van der Waals surface area contributed by atoms with Gasteiger partial charge in [0.05, 0.1) is 6.61 Å². The topological polar surface area (TPSA) is 69.7 Å². The summed E-state index contributed by atoms with van der Waals surface area (Å²) in [7, 11) is -0.404. The summed E-state index contributed by atoms with van der Waals surface area (Å²) in [6, 6.07) is 0. The van der Waals surface area contributed by atoms with Crippen LogP contribution >= 0.6 is 0 Å². The highest BCUT2D eigenvalue weighted by molar-refractivity contribution is 6.44. The molecule has 5 fully saturated rings. The van der Waals surface area contributed by atoms with E-state index in [4.69, 9.17) is 9.31 Å². The van der Waals surface area contributed by atoms with Gasteiger partial charge in [-0.1, -0.05) is 13.8 Å². The minimum Gasteiger partial charge on any atom is -0.404 e. The first-order chi connectivity index (χ1) is 13.2. The summed E-state index contributed by atoms with van der Waals surface area (Å²) in [6.07, 6.45) is 6.22. The summed E-state index contributed by atoms with van der Waals surface area (Å²) in [6.45, 7) is 6.34. The van der Waals surface area contributed by atoms with Crippen LogP contribution in [0, 0.1) is 34.5 Å². The van der Waals surface area contributed by atoms with Crippen molar-refractivity contribution in [1.29, 1.82) is 0 Å². The van der Waals surface area contributed by atoms with Crippen LogP contribution in [0.3, 0.4) is 0 Å². The molecule has 1 heterocycles. The van der Waals surface area contributed by atoms with Crippen molar-refractivity contribution in [1.82, 2.24) is 0 Å². The van der Waals surface area contributed by atoms with Gasteiger partial charge in [-0.05, 0) is 62.1 Å². The predicted octanol–water partition coefficient (Wildman–Crippen LogP) is 3.25. The standard InChI is InChI=1S/C22H31BO5/c1-20-8-6-14(24)10-13(20)4-5-15-16-7-9-22(18(26)12-27-23(3)28-22)21(16,2)11-17(25)19(15)20/h13,15-16,19H,4-12H2,1-3H3. The molecule has 4 aliphatic carbocycles. The van der Waals surface area contributed by atoms with Gasteiger partial charge in [0.25, 0.3) is 0 Å². The van der Waals surface area contributed by atoms with Gasteiger partial charge >= 0.3 is 7.12 Å². The monoisotopic (exact) mass is 386 g/mol. The van der Waals surface area contributed by atoms with Crippen molar-refractivity contribution in [2.75, 3.05) is 6.61 Å². The summed E-state index contributed by atoms with van der Waals surface area (Å²) in [5.41, 5.74) is -1.36. The molecule has 1 spiro atoms. The quantitative estimate of drug-likeness (QED) is 0.598. The second-order valence-electron chi connectivity index (χ2n) is 10.6. The highest BCUT2D eigenvalue weighted by Gasteiger charge is 2.70. The summed E-state index contributed by atoms with van der Waals surface area (Å²) >= 11 is 0. The lowest BCUT2D eigenvalue weighted by molar-refractivity contribution is -0.180. The minimum atomic E-state index is -0.865. The van der Waals surface area contributed by atoms with Crippen LogP contribution in [0.1, 0.15) is 65.2 Å². The molecule has 152 valence electrons. The second kappa shape index (κ2) is 6.01. The Morgan fingerprint density at radius 2 is 1.86 bits per heavy atom. The molecule has 28 heavy (non-hydrogen) atoms. The van der Waals surface area contributed by atoms with Gasteiger partial charge in [-0.3, -0.25) is 14.4 Å². The van der Waals surface area contributed by atoms with Crippen LogP contribution in [0.2, 0.25) is 6.82 Å². The maximum absolute atomic E-state index is 13.6. The van der Waals surface area contributed by atoms with E-state index >= 15 is 0 Å². The molecule has 4 saturated carbocycles. The normalized spacial score (nSPS) is 51.1. The first-order valence-corrected chi connectivity index (χ1v) is 11.1. The Morgan fingerprint density at radius 1 is 1.07 bits per heavy atom. The molecule has 0 amide bonds. The number of carbonyl (C=O) groups is 3. The van der Waals surface area contributed by atoms with Crippen LogP contribution in [0.25, 0.3) is 0 Å². The number of ketones is 3. The van der Waals surface area contributed by atoms with Crippen molar-refractivity contribution in [3.05, 3.63) is 0 Å². The van der Waals surface area contributed by atoms with Gasteiger partial charge in [-0.15, -0.1) is 0 Å². The number of rotatable bonds is 0. The third-order valence-corrected chi connectivity index (χ3v) is 9.56. The maximum atomic E-state index is 13.6. The molecule has 1 saturated heterocycles. The van der Waals surface area contributed by atoms with E-state index in [9.17, 15) is 14.4 Å². The molecule has 0 aromatic carbocycles. The molecule has 0 bridgehead atoms. The first kappa shape index (κ1) is 19.0. The van der Waals surface area contributed by atoms with Crippen molar-refractivity contribution < 1.29 is 23.7 Å². The summed E-state index contributed by atoms with van der Waals surface area (Å²) in [5.74, 6) is 1.73. The second-order valence-corrected chi connectivity index (χ2v) is 10.6. The fraction of sp³-hybridized carbons (Fsp3) is 0.864. The molecule has 0 N–H and O–H groups in total. The van der Waals surface area contributed by atoms with Crippen molar-refractivity contribution in [2.45, 2.75) is 77.6 Å². The van der Waals surface area contributed by atoms with Crippen molar-refractivity contribution in [3.63, 3.8) is 0 Å². The van der Waals surface area contributed by atoms with E-state index in [-0.39, 0.29) is 23.7 Å². The third kappa shape index (κ3) is 2.25. The van der Waals surface area contributed by atoms with Crippen LogP contribution < -0.4 is 0 Å². The number of Topliss-reactive ketones (excluding diaryl/α,β-unsaturated/α-hetero) is 3. The van der Waals surface area contributed by atoms with E-state index in [2.05, 4.69) is 13.8 Å². The van der Waals surface area contributed by atoms with E-state index in [0.717, 1.165) is 25.7 Å². The first-order valence-electron chi connectivity index (χ1n) is 11.1. The molecule has 5 nitrogen and oxygen atoms in total. The molecular weight excluding hydrogens is 355 g/mol. The molecule has 5 aliphatic rings. The Balaban J connectivity index is 1.52. The van der Waals surface area contributed by atoms with Crippen molar-refractivity contribution >= 4 is 24.5 Å². The Hall–Kier alpha value is -1.01. The minimum absolute atomic E-state index is 0.0185. The molecule has 7 atom stereocenters. The Morgan fingerprint density at radius 3 is 2.64 bits per heavy atom. The maximum Gasteiger partial charge on any atom is 0.454 e. The van der Waals surface area contributed by atoms with Crippen molar-refractivity contribution in [3.8, 4) is 0 Å². The molecule has 6 heteroatoms. The fourth-order valence-corrected chi connectivity index (χ4v) is 8.19. The molecule has 0 radical (unpaired) electrons. The molecule has 1 aliphatic heterocycles. The number of carbonyl (C=O) groups excluding carboxylic acids is 3. The third-order valence-electron chi connectivity index (χ3n) is 9.56. The molecular formula is C22H31BO5. The summed E-state index contributed by atoms with van der Waals surface area (Å²) in [5, 5.41) is 0. The molecule has 0 aromatic heterocycles. The van der Waals surface area contributed by atoms with Crippen LogP contribution in [0.4, 0.5) is 0 Å². The van der Waals surface area contributed by atoms with E-state index in [1.807, 2.05) is 6.82 Å². The van der Waals surface area contributed by atoms with Crippen LogP contribution in [0.15, 0.2) is 0 Å². The van der Waals surface area contributed by atoms with Gasteiger partial charge in [0.15, 0.2) is 5.78 Å². The van der Waals surface area contributed by atoms with E-state index in [1.165, 1.54) is 0 Å². The van der Waals surface area contributed by atoms with Gasteiger partial charge in [0.1, 0.15) is 17.2 Å².